The van der Waals surface area contributed by atoms with Crippen LogP contribution in [0, 0.1) is 6.92 Å². The van der Waals surface area contributed by atoms with Gasteiger partial charge in [0.1, 0.15) is 0 Å². The summed E-state index contributed by atoms with van der Waals surface area (Å²) in [6.45, 7) is 1.26. The number of alkyl halides is 2. The molecule has 0 aliphatic heterocycles. The Morgan fingerprint density at radius 3 is 2.50 bits per heavy atom. The van der Waals surface area contributed by atoms with Gasteiger partial charge in [-0.2, -0.15) is 24.2 Å². The molecule has 1 aromatic heterocycles. The molecule has 5 nitrogen and oxygen atoms in total. The molecule has 0 fully saturated rings. The summed E-state index contributed by atoms with van der Waals surface area (Å²) in [5.41, 5.74) is -0.897. The van der Waals surface area contributed by atoms with Gasteiger partial charge in [0.15, 0.2) is 5.69 Å². The number of halogens is 2. The summed E-state index contributed by atoms with van der Waals surface area (Å²) in [6.07, 6.45) is 0. The summed E-state index contributed by atoms with van der Waals surface area (Å²) in [6, 6.07) is 0. The number of rotatable bonds is 2. The van der Waals surface area contributed by atoms with Crippen molar-refractivity contribution in [2.45, 2.75) is 12.2 Å². The highest BCUT2D eigenvalue weighted by Crippen LogP contribution is 2.30. The molecule has 1 atom stereocenters. The number of aromatic amines is 1. The van der Waals surface area contributed by atoms with Crippen LogP contribution in [-0.4, -0.2) is 24.2 Å². The fourth-order valence-electron chi connectivity index (χ4n) is 0.642. The average Bonchev–Trinajstić information content (AvgIpc) is 2.35. The van der Waals surface area contributed by atoms with Crippen molar-refractivity contribution >= 4 is 11.1 Å². The lowest BCUT2D eigenvalue weighted by Crippen LogP contribution is -2.21. The van der Waals surface area contributed by atoms with Crippen molar-refractivity contribution in [1.82, 2.24) is 15.4 Å². The van der Waals surface area contributed by atoms with Crippen LogP contribution in [0.5, 0.6) is 0 Å². The van der Waals surface area contributed by atoms with E-state index >= 15 is 0 Å². The van der Waals surface area contributed by atoms with Gasteiger partial charge in [-0.3, -0.25) is 0 Å². The predicted octanol–water partition coefficient (Wildman–Crippen LogP) is 0.384. The van der Waals surface area contributed by atoms with Crippen LogP contribution >= 0.6 is 0 Å². The molecule has 1 unspecified atom stereocenters. The Morgan fingerprint density at radius 1 is 1.58 bits per heavy atom. The van der Waals surface area contributed by atoms with E-state index in [0.717, 1.165) is 0 Å². The van der Waals surface area contributed by atoms with Crippen LogP contribution in [0.4, 0.5) is 8.78 Å². The molecule has 12 heavy (non-hydrogen) atoms. The highest BCUT2D eigenvalue weighted by atomic mass is 32.2. The van der Waals surface area contributed by atoms with Gasteiger partial charge in [0, 0.05) is 0 Å². The van der Waals surface area contributed by atoms with Gasteiger partial charge in [-0.1, -0.05) is 0 Å². The lowest BCUT2D eigenvalue weighted by molar-refractivity contribution is 0.0829. The first-order valence-electron chi connectivity index (χ1n) is 2.83. The van der Waals surface area contributed by atoms with Crippen LogP contribution in [0.2, 0.25) is 0 Å². The standard InChI is InChI=1S/C4H5F2N3O2S/c1-2-3(8-9-7-2)4(5,6)12(10)11/h1H3,(H,10,11)(H,7,8,9). The Morgan fingerprint density at radius 2 is 2.17 bits per heavy atom. The zero-order valence-electron chi connectivity index (χ0n) is 5.91. The Labute approximate surface area is 68.5 Å². The van der Waals surface area contributed by atoms with Gasteiger partial charge in [0.05, 0.1) is 5.69 Å². The van der Waals surface area contributed by atoms with E-state index in [2.05, 4.69) is 10.2 Å². The lowest BCUT2D eigenvalue weighted by atomic mass is 10.3. The minimum absolute atomic E-state index is 0.0950. The highest BCUT2D eigenvalue weighted by Gasteiger charge is 2.43. The fourth-order valence-corrected chi connectivity index (χ4v) is 1.00. The third-order valence-electron chi connectivity index (χ3n) is 1.22. The predicted molar refractivity (Wildman–Crippen MR) is 35.8 cm³/mol. The van der Waals surface area contributed by atoms with Crippen LogP contribution in [0.3, 0.4) is 0 Å². The third-order valence-corrected chi connectivity index (χ3v) is 1.85. The second-order valence-corrected chi connectivity index (χ2v) is 3.03. The second-order valence-electron chi connectivity index (χ2n) is 2.02. The van der Waals surface area contributed by atoms with Crippen LogP contribution < -0.4 is 0 Å². The van der Waals surface area contributed by atoms with E-state index in [-0.39, 0.29) is 5.69 Å². The number of aryl methyl sites for hydroxylation is 1. The number of aromatic nitrogens is 3. The normalized spacial score (nSPS) is 14.7. The lowest BCUT2D eigenvalue weighted by Gasteiger charge is -2.07. The monoisotopic (exact) mass is 197 g/mol. The molecule has 0 saturated heterocycles. The summed E-state index contributed by atoms with van der Waals surface area (Å²) in [4.78, 5) is 0. The van der Waals surface area contributed by atoms with E-state index in [1.165, 1.54) is 6.92 Å². The maximum Gasteiger partial charge on any atom is 0.390 e. The topological polar surface area (TPSA) is 78.9 Å². The summed E-state index contributed by atoms with van der Waals surface area (Å²) in [5, 5.41) is 4.44. The van der Waals surface area contributed by atoms with Gasteiger partial charge in [-0.05, 0) is 6.92 Å². The van der Waals surface area contributed by atoms with Crippen molar-refractivity contribution in [1.29, 1.82) is 0 Å². The molecule has 68 valence electrons. The van der Waals surface area contributed by atoms with Crippen LogP contribution in [0.1, 0.15) is 11.4 Å². The molecular formula is C4H5F2N3O2S. The maximum atomic E-state index is 12.7. The fraction of sp³-hybridized carbons (Fsp3) is 0.500. The first kappa shape index (κ1) is 9.20. The first-order chi connectivity index (χ1) is 5.46. The van der Waals surface area contributed by atoms with E-state index in [1.807, 2.05) is 5.21 Å². The molecule has 0 aromatic carbocycles. The molecule has 0 bridgehead atoms. The minimum Gasteiger partial charge on any atom is -0.301 e. The Balaban J connectivity index is 3.13. The highest BCUT2D eigenvalue weighted by molar-refractivity contribution is 7.79. The maximum absolute atomic E-state index is 12.7. The minimum atomic E-state index is -3.86. The van der Waals surface area contributed by atoms with Gasteiger partial charge in [-0.25, -0.2) is 4.21 Å². The molecule has 0 saturated carbocycles. The van der Waals surface area contributed by atoms with E-state index in [1.54, 1.807) is 0 Å². The Bertz CT molecular complexity index is 313. The molecular weight excluding hydrogens is 192 g/mol. The summed E-state index contributed by atoms with van der Waals surface area (Å²) >= 11 is -3.27. The number of nitrogens with zero attached hydrogens (tertiary/aromatic N) is 2. The van der Waals surface area contributed by atoms with Crippen molar-refractivity contribution in [3.8, 4) is 0 Å². The number of H-pyrrole nitrogens is 1. The van der Waals surface area contributed by atoms with Crippen LogP contribution in [0.15, 0.2) is 0 Å². The van der Waals surface area contributed by atoms with Crippen molar-refractivity contribution in [3.63, 3.8) is 0 Å². The molecule has 0 aliphatic rings. The van der Waals surface area contributed by atoms with Gasteiger partial charge in [0.2, 0.25) is 11.1 Å². The largest absolute Gasteiger partial charge is 0.390 e. The van der Waals surface area contributed by atoms with Gasteiger partial charge in [0.25, 0.3) is 0 Å². The van der Waals surface area contributed by atoms with E-state index in [0.29, 0.717) is 0 Å². The van der Waals surface area contributed by atoms with Gasteiger partial charge < -0.3 is 4.55 Å². The smallest absolute Gasteiger partial charge is 0.301 e. The van der Waals surface area contributed by atoms with Crippen molar-refractivity contribution in [3.05, 3.63) is 11.4 Å². The molecule has 0 aliphatic carbocycles. The van der Waals surface area contributed by atoms with Crippen molar-refractivity contribution in [2.75, 3.05) is 0 Å². The summed E-state index contributed by atoms with van der Waals surface area (Å²) < 4.78 is 43.8. The van der Waals surface area contributed by atoms with E-state index in [4.69, 9.17) is 4.55 Å². The molecule has 2 N–H and O–H groups in total. The van der Waals surface area contributed by atoms with E-state index < -0.39 is 22.0 Å². The Kier molecular flexibility index (Phi) is 2.20. The zero-order valence-corrected chi connectivity index (χ0v) is 6.73. The SMILES string of the molecule is Cc1n[nH]nc1C(F)(F)S(=O)O. The van der Waals surface area contributed by atoms with E-state index in [9.17, 15) is 13.0 Å². The average molecular weight is 197 g/mol. The first-order valence-corrected chi connectivity index (χ1v) is 3.93. The second kappa shape index (κ2) is 2.87. The molecule has 0 amide bonds. The summed E-state index contributed by atoms with van der Waals surface area (Å²) in [7, 11) is 0. The molecule has 1 heterocycles. The van der Waals surface area contributed by atoms with Crippen molar-refractivity contribution in [2.24, 2.45) is 0 Å². The number of nitrogens with one attached hydrogen (secondary N) is 1. The van der Waals surface area contributed by atoms with Crippen LogP contribution in [0.25, 0.3) is 0 Å². The third kappa shape index (κ3) is 1.34. The molecule has 8 heteroatoms. The molecule has 1 aromatic rings. The van der Waals surface area contributed by atoms with Crippen molar-refractivity contribution < 1.29 is 17.5 Å². The molecule has 0 radical (unpaired) electrons. The quantitative estimate of drug-likeness (QED) is 0.672. The number of hydrogen-bond donors (Lipinski definition) is 2. The molecule has 1 rings (SSSR count). The van der Waals surface area contributed by atoms with Gasteiger partial charge >= 0.3 is 5.25 Å². The Hall–Kier alpha value is -0.890. The molecule has 0 spiro atoms. The van der Waals surface area contributed by atoms with Gasteiger partial charge in [-0.15, -0.1) is 0 Å². The summed E-state index contributed by atoms with van der Waals surface area (Å²) in [5.74, 6) is 0. The van der Waals surface area contributed by atoms with Crippen LogP contribution in [-0.2, 0) is 16.3 Å². The number of hydrogen-bond acceptors (Lipinski definition) is 3. The zero-order chi connectivity index (χ0) is 9.35.